The fourth-order valence-electron chi connectivity index (χ4n) is 2.11. The zero-order valence-corrected chi connectivity index (χ0v) is 13.7. The maximum atomic E-state index is 12.0. The Morgan fingerprint density at radius 3 is 2.52 bits per heavy atom. The van der Waals surface area contributed by atoms with Crippen LogP contribution in [0.2, 0.25) is 0 Å². The number of carbonyl (C=O) groups excluding carboxylic acids is 1. The van der Waals surface area contributed by atoms with Crippen LogP contribution in [0.1, 0.15) is 16.1 Å². The molecule has 0 aliphatic carbocycles. The van der Waals surface area contributed by atoms with Gasteiger partial charge >= 0.3 is 0 Å². The Morgan fingerprint density at radius 2 is 1.87 bits per heavy atom. The lowest BCUT2D eigenvalue weighted by molar-refractivity contribution is 0.0949. The maximum absolute atomic E-state index is 12.0. The van der Waals surface area contributed by atoms with Crippen LogP contribution in [0.4, 0.5) is 5.69 Å². The number of rotatable bonds is 8. The molecule has 122 valence electrons. The molecule has 1 amide bonds. The Kier molecular flexibility index (Phi) is 6.56. The first-order valence-electron chi connectivity index (χ1n) is 7.82. The molecule has 0 spiro atoms. The number of pyridine rings is 1. The van der Waals surface area contributed by atoms with Crippen molar-refractivity contribution in [3.8, 4) is 0 Å². The number of likely N-dealkylation sites (N-methyl/N-ethyl adjacent to an activating group) is 1. The summed E-state index contributed by atoms with van der Waals surface area (Å²) in [5.74, 6) is -0.138. The quantitative estimate of drug-likeness (QED) is 0.783. The second-order valence-electron chi connectivity index (χ2n) is 5.65. The van der Waals surface area contributed by atoms with E-state index in [2.05, 4.69) is 32.7 Å². The third kappa shape index (κ3) is 6.08. The Morgan fingerprint density at radius 1 is 1.09 bits per heavy atom. The molecule has 23 heavy (non-hydrogen) atoms. The number of hydrogen-bond donors (Lipinski definition) is 2. The molecular weight excluding hydrogens is 288 g/mol. The maximum Gasteiger partial charge on any atom is 0.269 e. The summed E-state index contributed by atoms with van der Waals surface area (Å²) in [5.41, 5.74) is 2.57. The molecule has 0 atom stereocenters. The smallest absolute Gasteiger partial charge is 0.269 e. The molecule has 0 saturated carbocycles. The van der Waals surface area contributed by atoms with E-state index < -0.39 is 0 Å². The molecule has 2 aromatic rings. The van der Waals surface area contributed by atoms with Crippen LogP contribution in [0.15, 0.2) is 48.7 Å². The van der Waals surface area contributed by atoms with E-state index >= 15 is 0 Å². The van der Waals surface area contributed by atoms with E-state index in [4.69, 9.17) is 0 Å². The van der Waals surface area contributed by atoms with Crippen LogP contribution < -0.4 is 10.6 Å². The van der Waals surface area contributed by atoms with Crippen LogP contribution in [-0.2, 0) is 6.42 Å². The lowest BCUT2D eigenvalue weighted by Gasteiger charge is -2.11. The predicted molar refractivity (Wildman–Crippen MR) is 93.8 cm³/mol. The molecule has 5 heteroatoms. The number of nitrogens with one attached hydrogen (secondary N) is 2. The van der Waals surface area contributed by atoms with E-state index in [1.807, 2.05) is 38.4 Å². The molecule has 0 bridgehead atoms. The van der Waals surface area contributed by atoms with Crippen LogP contribution in [-0.4, -0.2) is 49.5 Å². The average molecular weight is 312 g/mol. The number of benzene rings is 1. The van der Waals surface area contributed by atoms with Gasteiger partial charge in [-0.3, -0.25) is 4.79 Å². The second kappa shape index (κ2) is 8.90. The summed E-state index contributed by atoms with van der Waals surface area (Å²) >= 11 is 0. The first kappa shape index (κ1) is 17.0. The highest BCUT2D eigenvalue weighted by Gasteiger charge is 2.06. The number of nitrogens with zero attached hydrogens (tertiary/aromatic N) is 2. The van der Waals surface area contributed by atoms with Gasteiger partial charge in [0.1, 0.15) is 5.69 Å². The van der Waals surface area contributed by atoms with Crippen LogP contribution in [0, 0.1) is 0 Å². The lowest BCUT2D eigenvalue weighted by Crippen LogP contribution is -2.26. The molecule has 0 unspecified atom stereocenters. The van der Waals surface area contributed by atoms with Crippen molar-refractivity contribution in [1.29, 1.82) is 0 Å². The van der Waals surface area contributed by atoms with Gasteiger partial charge < -0.3 is 15.5 Å². The van der Waals surface area contributed by atoms with Gasteiger partial charge in [-0.2, -0.15) is 0 Å². The summed E-state index contributed by atoms with van der Waals surface area (Å²) in [4.78, 5) is 18.4. The van der Waals surface area contributed by atoms with Crippen LogP contribution >= 0.6 is 0 Å². The van der Waals surface area contributed by atoms with Crippen LogP contribution in [0.5, 0.6) is 0 Å². The monoisotopic (exact) mass is 312 g/mol. The Balaban J connectivity index is 1.76. The molecule has 1 aromatic carbocycles. The summed E-state index contributed by atoms with van der Waals surface area (Å²) in [6.07, 6.45) is 2.51. The van der Waals surface area contributed by atoms with Gasteiger partial charge in [0.2, 0.25) is 0 Å². The van der Waals surface area contributed by atoms with Gasteiger partial charge in [-0.05, 0) is 38.2 Å². The molecule has 1 heterocycles. The number of aromatic nitrogens is 1. The van der Waals surface area contributed by atoms with Crippen molar-refractivity contribution < 1.29 is 4.79 Å². The summed E-state index contributed by atoms with van der Waals surface area (Å²) in [6, 6.07) is 13.7. The Labute approximate surface area is 137 Å². The van der Waals surface area contributed by atoms with Crippen molar-refractivity contribution in [3.63, 3.8) is 0 Å². The molecule has 1 aromatic heterocycles. The zero-order valence-electron chi connectivity index (χ0n) is 13.7. The third-order valence-electron chi connectivity index (χ3n) is 3.43. The van der Waals surface area contributed by atoms with Gasteiger partial charge in [0.25, 0.3) is 5.91 Å². The summed E-state index contributed by atoms with van der Waals surface area (Å²) in [5, 5.41) is 6.17. The normalized spacial score (nSPS) is 10.6. The van der Waals surface area contributed by atoms with Crippen molar-refractivity contribution in [1.82, 2.24) is 15.2 Å². The number of anilines is 1. The highest BCUT2D eigenvalue weighted by molar-refractivity contribution is 5.92. The van der Waals surface area contributed by atoms with Crippen LogP contribution in [0.3, 0.4) is 0 Å². The van der Waals surface area contributed by atoms with Crippen molar-refractivity contribution in [3.05, 3.63) is 59.9 Å². The van der Waals surface area contributed by atoms with E-state index in [-0.39, 0.29) is 5.91 Å². The summed E-state index contributed by atoms with van der Waals surface area (Å²) < 4.78 is 0. The van der Waals surface area contributed by atoms with E-state index in [1.165, 1.54) is 5.56 Å². The van der Waals surface area contributed by atoms with Gasteiger partial charge in [0, 0.05) is 19.6 Å². The second-order valence-corrected chi connectivity index (χ2v) is 5.65. The molecule has 2 rings (SSSR count). The molecule has 2 N–H and O–H groups in total. The minimum absolute atomic E-state index is 0.138. The molecular formula is C18H24N4O. The third-order valence-corrected chi connectivity index (χ3v) is 3.43. The number of carbonyl (C=O) groups is 1. The highest BCUT2D eigenvalue weighted by Crippen LogP contribution is 2.06. The average Bonchev–Trinajstić information content (AvgIpc) is 2.56. The van der Waals surface area contributed by atoms with Gasteiger partial charge in [-0.15, -0.1) is 0 Å². The van der Waals surface area contributed by atoms with Crippen molar-refractivity contribution in [2.45, 2.75) is 6.42 Å². The van der Waals surface area contributed by atoms with Gasteiger partial charge in [-0.1, -0.05) is 30.3 Å². The van der Waals surface area contributed by atoms with Crippen LogP contribution in [0.25, 0.3) is 0 Å². The Hall–Kier alpha value is -2.40. The van der Waals surface area contributed by atoms with E-state index in [9.17, 15) is 4.79 Å². The van der Waals surface area contributed by atoms with Gasteiger partial charge in [-0.25, -0.2) is 4.98 Å². The molecule has 0 aliphatic rings. The largest absolute Gasteiger partial charge is 0.383 e. The fourth-order valence-corrected chi connectivity index (χ4v) is 2.11. The minimum Gasteiger partial charge on any atom is -0.383 e. The number of hydrogen-bond acceptors (Lipinski definition) is 4. The first-order chi connectivity index (χ1) is 11.1. The Bertz CT molecular complexity index is 596. The van der Waals surface area contributed by atoms with E-state index in [0.29, 0.717) is 12.2 Å². The SMILES string of the molecule is CN(C)CCNc1ccc(C(=O)NCCc2ccccc2)nc1. The van der Waals surface area contributed by atoms with E-state index in [1.54, 1.807) is 12.3 Å². The van der Waals surface area contributed by atoms with E-state index in [0.717, 1.165) is 25.2 Å². The predicted octanol–water partition coefficient (Wildman–Crippen LogP) is 2.03. The fraction of sp³-hybridized carbons (Fsp3) is 0.333. The molecule has 0 fully saturated rings. The minimum atomic E-state index is -0.138. The molecule has 0 aliphatic heterocycles. The van der Waals surface area contributed by atoms with Crippen molar-refractivity contribution >= 4 is 11.6 Å². The zero-order chi connectivity index (χ0) is 16.5. The first-order valence-corrected chi connectivity index (χ1v) is 7.82. The van der Waals surface area contributed by atoms with Gasteiger partial charge in [0.05, 0.1) is 11.9 Å². The summed E-state index contributed by atoms with van der Waals surface area (Å²) in [7, 11) is 4.06. The van der Waals surface area contributed by atoms with Crippen molar-refractivity contribution in [2.75, 3.05) is 39.0 Å². The molecule has 0 radical (unpaired) electrons. The van der Waals surface area contributed by atoms with Crippen molar-refractivity contribution in [2.24, 2.45) is 0 Å². The highest BCUT2D eigenvalue weighted by atomic mass is 16.1. The number of amides is 1. The topological polar surface area (TPSA) is 57.3 Å². The van der Waals surface area contributed by atoms with Gasteiger partial charge in [0.15, 0.2) is 0 Å². The summed E-state index contributed by atoms with van der Waals surface area (Å²) in [6.45, 7) is 2.40. The molecule has 5 nitrogen and oxygen atoms in total. The standard InChI is InChI=1S/C18H24N4O/c1-22(2)13-12-19-16-8-9-17(21-14-16)18(23)20-11-10-15-6-4-3-5-7-15/h3-9,14,19H,10-13H2,1-2H3,(H,20,23). The lowest BCUT2D eigenvalue weighted by atomic mass is 10.1. The molecule has 0 saturated heterocycles.